The van der Waals surface area contributed by atoms with E-state index in [1.54, 1.807) is 26.4 Å². The van der Waals surface area contributed by atoms with Crippen LogP contribution in [-0.4, -0.2) is 30.3 Å². The van der Waals surface area contributed by atoms with Gasteiger partial charge in [-0.1, -0.05) is 34.1 Å². The lowest BCUT2D eigenvalue weighted by Gasteiger charge is -2.13. The maximum absolute atomic E-state index is 12.7. The fraction of sp³-hybridized carbons (Fsp3) is 0.158. The van der Waals surface area contributed by atoms with E-state index in [0.717, 1.165) is 30.9 Å². The van der Waals surface area contributed by atoms with Crippen molar-refractivity contribution in [1.82, 2.24) is 4.90 Å². The van der Waals surface area contributed by atoms with Gasteiger partial charge in [0.25, 0.3) is 11.1 Å². The van der Waals surface area contributed by atoms with Gasteiger partial charge in [0.05, 0.1) is 29.2 Å². The van der Waals surface area contributed by atoms with Gasteiger partial charge in [-0.25, -0.2) is 0 Å². The molecule has 1 fully saturated rings. The minimum Gasteiger partial charge on any atom is -0.493 e. The Hall–Kier alpha value is -1.52. The SMILES string of the molecule is COc1cc(/C=C2\SC(=O)N(Cc3ccccc3Br)C2=O)cc(I)c1OC. The van der Waals surface area contributed by atoms with Crippen molar-refractivity contribution in [3.63, 3.8) is 0 Å². The monoisotopic (exact) mass is 559 g/mol. The van der Waals surface area contributed by atoms with Crippen molar-refractivity contribution in [3.05, 3.63) is 60.5 Å². The number of thioether (sulfide) groups is 1. The van der Waals surface area contributed by atoms with E-state index in [-0.39, 0.29) is 17.7 Å². The van der Waals surface area contributed by atoms with Crippen LogP contribution in [0.1, 0.15) is 11.1 Å². The zero-order chi connectivity index (χ0) is 19.6. The Labute approximate surface area is 183 Å². The van der Waals surface area contributed by atoms with Crippen LogP contribution in [0, 0.1) is 3.57 Å². The third-order valence-corrected chi connectivity index (χ3v) is 6.40. The molecule has 0 bridgehead atoms. The second-order valence-corrected chi connectivity index (χ2v) is 8.61. The highest BCUT2D eigenvalue weighted by Gasteiger charge is 2.35. The van der Waals surface area contributed by atoms with Gasteiger partial charge < -0.3 is 9.47 Å². The number of benzene rings is 2. The third-order valence-electron chi connectivity index (χ3n) is 3.91. The summed E-state index contributed by atoms with van der Waals surface area (Å²) in [5, 5.41) is -0.280. The van der Waals surface area contributed by atoms with E-state index in [2.05, 4.69) is 38.5 Å². The molecule has 1 heterocycles. The molecule has 0 saturated carbocycles. The fourth-order valence-corrected chi connectivity index (χ4v) is 4.70. The lowest BCUT2D eigenvalue weighted by Crippen LogP contribution is -2.27. The number of halogens is 2. The first-order chi connectivity index (χ1) is 12.9. The first-order valence-electron chi connectivity index (χ1n) is 7.85. The topological polar surface area (TPSA) is 55.8 Å². The molecule has 2 amide bonds. The Bertz CT molecular complexity index is 947. The number of imide groups is 1. The van der Waals surface area contributed by atoms with Crippen LogP contribution in [0.5, 0.6) is 11.5 Å². The highest BCUT2D eigenvalue weighted by Crippen LogP contribution is 2.37. The van der Waals surface area contributed by atoms with E-state index in [0.29, 0.717) is 16.4 Å². The number of methoxy groups -OCH3 is 2. The normalized spacial score (nSPS) is 15.6. The quantitative estimate of drug-likeness (QED) is 0.367. The number of amides is 2. The Kier molecular flexibility index (Phi) is 6.48. The van der Waals surface area contributed by atoms with Crippen LogP contribution in [0.2, 0.25) is 0 Å². The third kappa shape index (κ3) is 4.33. The van der Waals surface area contributed by atoms with Gasteiger partial charge in [0.2, 0.25) is 0 Å². The van der Waals surface area contributed by atoms with E-state index in [9.17, 15) is 9.59 Å². The summed E-state index contributed by atoms with van der Waals surface area (Å²) in [6.07, 6.45) is 1.70. The maximum atomic E-state index is 12.7. The lowest BCUT2D eigenvalue weighted by molar-refractivity contribution is -0.123. The van der Waals surface area contributed by atoms with Crippen LogP contribution in [-0.2, 0) is 11.3 Å². The molecular formula is C19H15BrINO4S. The highest BCUT2D eigenvalue weighted by molar-refractivity contribution is 14.1. The molecule has 2 aromatic carbocycles. The molecule has 140 valence electrons. The van der Waals surface area contributed by atoms with Gasteiger partial charge >= 0.3 is 0 Å². The van der Waals surface area contributed by atoms with Crippen LogP contribution in [0.3, 0.4) is 0 Å². The molecule has 0 spiro atoms. The zero-order valence-electron chi connectivity index (χ0n) is 14.5. The number of hydrogen-bond acceptors (Lipinski definition) is 5. The van der Waals surface area contributed by atoms with Crippen molar-refractivity contribution in [3.8, 4) is 11.5 Å². The Balaban J connectivity index is 1.88. The van der Waals surface area contributed by atoms with Gasteiger partial charge in [0, 0.05) is 4.47 Å². The van der Waals surface area contributed by atoms with Crippen LogP contribution >= 0.6 is 50.3 Å². The van der Waals surface area contributed by atoms with Crippen molar-refractivity contribution in [1.29, 1.82) is 0 Å². The van der Waals surface area contributed by atoms with Gasteiger partial charge in [-0.05, 0) is 69.8 Å². The second-order valence-electron chi connectivity index (χ2n) is 5.60. The summed E-state index contributed by atoms with van der Waals surface area (Å²) in [6, 6.07) is 11.2. The first kappa shape index (κ1) is 20.2. The average molecular weight is 560 g/mol. The van der Waals surface area contributed by atoms with E-state index >= 15 is 0 Å². The summed E-state index contributed by atoms with van der Waals surface area (Å²) in [7, 11) is 3.13. The number of hydrogen-bond donors (Lipinski definition) is 0. The summed E-state index contributed by atoms with van der Waals surface area (Å²) < 4.78 is 12.4. The molecule has 0 N–H and O–H groups in total. The number of nitrogens with zero attached hydrogens (tertiary/aromatic N) is 1. The van der Waals surface area contributed by atoms with Gasteiger partial charge in [0.1, 0.15) is 0 Å². The summed E-state index contributed by atoms with van der Waals surface area (Å²) in [5.74, 6) is 0.908. The maximum Gasteiger partial charge on any atom is 0.293 e. The molecular weight excluding hydrogens is 545 g/mol. The molecule has 0 radical (unpaired) electrons. The predicted molar refractivity (Wildman–Crippen MR) is 118 cm³/mol. The molecule has 0 atom stereocenters. The van der Waals surface area contributed by atoms with E-state index in [4.69, 9.17) is 9.47 Å². The molecule has 8 heteroatoms. The average Bonchev–Trinajstić information content (AvgIpc) is 2.90. The van der Waals surface area contributed by atoms with Gasteiger partial charge in [-0.3, -0.25) is 14.5 Å². The minimum atomic E-state index is -0.300. The van der Waals surface area contributed by atoms with Crippen LogP contribution in [0.4, 0.5) is 4.79 Å². The van der Waals surface area contributed by atoms with Crippen LogP contribution in [0.15, 0.2) is 45.8 Å². The Morgan fingerprint density at radius 2 is 1.93 bits per heavy atom. The van der Waals surface area contributed by atoms with Crippen molar-refractivity contribution in [2.45, 2.75) is 6.54 Å². The summed E-state index contributed by atoms with van der Waals surface area (Å²) in [5.41, 5.74) is 1.64. The summed E-state index contributed by atoms with van der Waals surface area (Å²) in [6.45, 7) is 0.229. The van der Waals surface area contributed by atoms with Gasteiger partial charge in [0.15, 0.2) is 11.5 Å². The fourth-order valence-electron chi connectivity index (χ4n) is 2.61. The molecule has 0 aliphatic carbocycles. The Morgan fingerprint density at radius 1 is 1.19 bits per heavy atom. The lowest BCUT2D eigenvalue weighted by atomic mass is 10.1. The summed E-state index contributed by atoms with van der Waals surface area (Å²) >= 11 is 6.54. The van der Waals surface area contributed by atoms with Crippen molar-refractivity contribution in [2.75, 3.05) is 14.2 Å². The molecule has 5 nitrogen and oxygen atoms in total. The molecule has 1 saturated heterocycles. The molecule has 27 heavy (non-hydrogen) atoms. The molecule has 0 unspecified atom stereocenters. The second kappa shape index (κ2) is 8.66. The minimum absolute atomic E-state index is 0.229. The van der Waals surface area contributed by atoms with Crippen molar-refractivity contribution in [2.24, 2.45) is 0 Å². The van der Waals surface area contributed by atoms with E-state index in [1.807, 2.05) is 30.3 Å². The molecule has 2 aromatic rings. The van der Waals surface area contributed by atoms with Gasteiger partial charge in [-0.15, -0.1) is 0 Å². The van der Waals surface area contributed by atoms with E-state index in [1.165, 1.54) is 4.90 Å². The predicted octanol–water partition coefficient (Wildman–Crippen LogP) is 5.31. The van der Waals surface area contributed by atoms with Crippen molar-refractivity contribution >= 4 is 67.5 Å². The smallest absolute Gasteiger partial charge is 0.293 e. The molecule has 3 rings (SSSR count). The zero-order valence-corrected chi connectivity index (χ0v) is 19.1. The number of carbonyl (C=O) groups excluding carboxylic acids is 2. The standard InChI is InChI=1S/C19H15BrINO4S/c1-25-15-8-11(7-14(21)17(15)26-2)9-16-18(23)22(19(24)27-16)10-12-5-3-4-6-13(12)20/h3-9H,10H2,1-2H3/b16-9-. The molecule has 1 aliphatic rings. The van der Waals surface area contributed by atoms with Gasteiger partial charge in [-0.2, -0.15) is 0 Å². The number of rotatable bonds is 5. The van der Waals surface area contributed by atoms with Crippen molar-refractivity contribution < 1.29 is 19.1 Å². The first-order valence-corrected chi connectivity index (χ1v) is 10.5. The number of carbonyl (C=O) groups is 2. The Morgan fingerprint density at radius 3 is 2.59 bits per heavy atom. The largest absolute Gasteiger partial charge is 0.493 e. The highest BCUT2D eigenvalue weighted by atomic mass is 127. The van der Waals surface area contributed by atoms with Crippen LogP contribution in [0.25, 0.3) is 6.08 Å². The number of ether oxygens (including phenoxy) is 2. The molecule has 0 aromatic heterocycles. The summed E-state index contributed by atoms with van der Waals surface area (Å²) in [4.78, 5) is 26.7. The molecule has 1 aliphatic heterocycles. The van der Waals surface area contributed by atoms with E-state index < -0.39 is 0 Å². The van der Waals surface area contributed by atoms with Crippen LogP contribution < -0.4 is 9.47 Å².